The zero-order valence-electron chi connectivity index (χ0n) is 9.53. The van der Waals surface area contributed by atoms with Crippen LogP contribution in [0.2, 0.25) is 0 Å². The van der Waals surface area contributed by atoms with E-state index in [-0.39, 0.29) is 5.78 Å². The van der Waals surface area contributed by atoms with Crippen LogP contribution in [0.5, 0.6) is 0 Å². The van der Waals surface area contributed by atoms with E-state index in [1.807, 2.05) is 0 Å². The zero-order chi connectivity index (χ0) is 11.3. The maximum absolute atomic E-state index is 11.5. The Morgan fingerprint density at radius 3 is 2.87 bits per heavy atom. The first kappa shape index (κ1) is 11.8. The molecule has 5 nitrogen and oxygen atoms in total. The van der Waals surface area contributed by atoms with Crippen molar-refractivity contribution in [3.63, 3.8) is 0 Å². The maximum atomic E-state index is 11.5. The number of Topliss-reactive ketones (excluding diaryl/α,β-unsaturated/α-hetero) is 1. The number of carbonyl (C=O) groups is 1. The molecule has 1 aromatic rings. The molecule has 1 N–H and O–H groups in total. The van der Waals surface area contributed by atoms with Crippen LogP contribution in [0.25, 0.3) is 0 Å². The molecule has 1 aromatic heterocycles. The summed E-state index contributed by atoms with van der Waals surface area (Å²) in [7, 11) is 1.79. The molecule has 0 saturated heterocycles. The Labute approximate surface area is 89.9 Å². The number of rotatable bonds is 6. The van der Waals surface area contributed by atoms with Crippen molar-refractivity contribution in [3.8, 4) is 0 Å². The second-order valence-corrected chi connectivity index (χ2v) is 3.87. The quantitative estimate of drug-likeness (QED) is 0.734. The van der Waals surface area contributed by atoms with Crippen LogP contribution in [0.15, 0.2) is 6.33 Å². The lowest BCUT2D eigenvalue weighted by molar-refractivity contribution is -0.118. The Kier molecular flexibility index (Phi) is 4.42. The second-order valence-electron chi connectivity index (χ2n) is 3.87. The molecule has 0 atom stereocenters. The van der Waals surface area contributed by atoms with Gasteiger partial charge in [0, 0.05) is 26.1 Å². The van der Waals surface area contributed by atoms with Crippen molar-refractivity contribution in [3.05, 3.63) is 12.2 Å². The molecular formula is C10H18N4O. The standard InChI is InChI=1S/C10H18N4O/c1-8(2)11-5-4-9(15)6-10-12-7-13-14(10)3/h7-8,11H,4-6H2,1-3H3. The third-order valence-corrected chi connectivity index (χ3v) is 2.12. The first-order chi connectivity index (χ1) is 7.09. The molecule has 1 heterocycles. The molecule has 0 bridgehead atoms. The largest absolute Gasteiger partial charge is 0.314 e. The van der Waals surface area contributed by atoms with Gasteiger partial charge >= 0.3 is 0 Å². The number of ketones is 1. The van der Waals surface area contributed by atoms with Crippen molar-refractivity contribution < 1.29 is 4.79 Å². The topological polar surface area (TPSA) is 59.8 Å². The average Bonchev–Trinajstić information content (AvgIpc) is 2.51. The summed E-state index contributed by atoms with van der Waals surface area (Å²) in [6.45, 7) is 4.86. The normalized spacial score (nSPS) is 10.9. The minimum absolute atomic E-state index is 0.194. The van der Waals surface area contributed by atoms with Crippen LogP contribution in [0.4, 0.5) is 0 Å². The molecule has 84 valence electrons. The van der Waals surface area contributed by atoms with Crippen LogP contribution in [0, 0.1) is 0 Å². The van der Waals surface area contributed by atoms with Crippen molar-refractivity contribution >= 4 is 5.78 Å². The van der Waals surface area contributed by atoms with Gasteiger partial charge in [0.1, 0.15) is 17.9 Å². The van der Waals surface area contributed by atoms with Crippen molar-refractivity contribution in [2.24, 2.45) is 7.05 Å². The number of aryl methyl sites for hydroxylation is 1. The SMILES string of the molecule is CC(C)NCCC(=O)Cc1ncnn1C. The van der Waals surface area contributed by atoms with Crippen LogP contribution in [-0.2, 0) is 18.3 Å². The summed E-state index contributed by atoms with van der Waals surface area (Å²) in [5.41, 5.74) is 0. The lowest BCUT2D eigenvalue weighted by Gasteiger charge is -2.06. The van der Waals surface area contributed by atoms with E-state index in [1.165, 1.54) is 6.33 Å². The molecule has 0 fully saturated rings. The summed E-state index contributed by atoms with van der Waals surface area (Å²) < 4.78 is 1.63. The van der Waals surface area contributed by atoms with Gasteiger partial charge in [0.2, 0.25) is 0 Å². The van der Waals surface area contributed by atoms with Crippen molar-refractivity contribution in [1.82, 2.24) is 20.1 Å². The van der Waals surface area contributed by atoms with Gasteiger partial charge in [-0.15, -0.1) is 0 Å². The molecule has 0 aliphatic heterocycles. The van der Waals surface area contributed by atoms with Gasteiger partial charge in [-0.05, 0) is 0 Å². The highest BCUT2D eigenvalue weighted by Gasteiger charge is 2.07. The third-order valence-electron chi connectivity index (χ3n) is 2.12. The fourth-order valence-electron chi connectivity index (χ4n) is 1.25. The monoisotopic (exact) mass is 210 g/mol. The minimum atomic E-state index is 0.194. The summed E-state index contributed by atoms with van der Waals surface area (Å²) in [6.07, 6.45) is 2.39. The van der Waals surface area contributed by atoms with Gasteiger partial charge in [-0.1, -0.05) is 13.8 Å². The maximum Gasteiger partial charge on any atom is 0.141 e. The summed E-state index contributed by atoms with van der Waals surface area (Å²) in [6, 6.07) is 0.424. The highest BCUT2D eigenvalue weighted by Crippen LogP contribution is 1.96. The fourth-order valence-corrected chi connectivity index (χ4v) is 1.25. The molecule has 0 aliphatic rings. The van der Waals surface area contributed by atoms with Crippen molar-refractivity contribution in [1.29, 1.82) is 0 Å². The third kappa shape index (κ3) is 4.20. The summed E-state index contributed by atoms with van der Waals surface area (Å²) >= 11 is 0. The van der Waals surface area contributed by atoms with E-state index in [2.05, 4.69) is 29.2 Å². The first-order valence-corrected chi connectivity index (χ1v) is 5.17. The van der Waals surface area contributed by atoms with Gasteiger partial charge in [0.25, 0.3) is 0 Å². The summed E-state index contributed by atoms with van der Waals surface area (Å²) in [5.74, 6) is 0.920. The lowest BCUT2D eigenvalue weighted by Crippen LogP contribution is -2.26. The first-order valence-electron chi connectivity index (χ1n) is 5.17. The van der Waals surface area contributed by atoms with E-state index in [0.29, 0.717) is 18.9 Å². The molecule has 0 radical (unpaired) electrons. The van der Waals surface area contributed by atoms with Gasteiger partial charge in [-0.25, -0.2) is 4.98 Å². The zero-order valence-corrected chi connectivity index (χ0v) is 9.53. The van der Waals surface area contributed by atoms with Crippen molar-refractivity contribution in [2.75, 3.05) is 6.54 Å². The molecular weight excluding hydrogens is 192 g/mol. The van der Waals surface area contributed by atoms with E-state index < -0.39 is 0 Å². The van der Waals surface area contributed by atoms with Crippen LogP contribution >= 0.6 is 0 Å². The number of aromatic nitrogens is 3. The van der Waals surface area contributed by atoms with E-state index in [9.17, 15) is 4.79 Å². The number of hydrogen-bond donors (Lipinski definition) is 1. The smallest absolute Gasteiger partial charge is 0.141 e. The van der Waals surface area contributed by atoms with Gasteiger partial charge in [0.15, 0.2) is 0 Å². The van der Waals surface area contributed by atoms with Crippen LogP contribution < -0.4 is 5.32 Å². The Morgan fingerprint density at radius 2 is 2.33 bits per heavy atom. The molecule has 1 rings (SSSR count). The molecule has 0 aliphatic carbocycles. The Hall–Kier alpha value is -1.23. The summed E-state index contributed by atoms with van der Waals surface area (Å²) in [5, 5.41) is 7.12. The molecule has 0 amide bonds. The van der Waals surface area contributed by atoms with Crippen molar-refractivity contribution in [2.45, 2.75) is 32.7 Å². The lowest BCUT2D eigenvalue weighted by atomic mass is 10.2. The number of hydrogen-bond acceptors (Lipinski definition) is 4. The van der Waals surface area contributed by atoms with E-state index in [0.717, 1.165) is 12.4 Å². The Morgan fingerprint density at radius 1 is 1.60 bits per heavy atom. The Bertz CT molecular complexity index is 319. The predicted octanol–water partition coefficient (Wildman–Crippen LogP) is 0.315. The average molecular weight is 210 g/mol. The molecule has 0 saturated carbocycles. The highest BCUT2D eigenvalue weighted by molar-refractivity contribution is 5.80. The number of carbonyl (C=O) groups excluding carboxylic acids is 1. The molecule has 0 unspecified atom stereocenters. The Balaban J connectivity index is 2.28. The molecule has 5 heteroatoms. The van der Waals surface area contributed by atoms with E-state index >= 15 is 0 Å². The fraction of sp³-hybridized carbons (Fsp3) is 0.700. The molecule has 0 aromatic carbocycles. The number of nitrogens with one attached hydrogen (secondary N) is 1. The van der Waals surface area contributed by atoms with Crippen LogP contribution in [0.3, 0.4) is 0 Å². The highest BCUT2D eigenvalue weighted by atomic mass is 16.1. The number of nitrogens with zero attached hydrogens (tertiary/aromatic N) is 3. The van der Waals surface area contributed by atoms with E-state index in [4.69, 9.17) is 0 Å². The van der Waals surface area contributed by atoms with Gasteiger partial charge in [-0.2, -0.15) is 5.10 Å². The summed E-state index contributed by atoms with van der Waals surface area (Å²) in [4.78, 5) is 15.5. The van der Waals surface area contributed by atoms with Crippen LogP contribution in [-0.4, -0.2) is 33.1 Å². The van der Waals surface area contributed by atoms with Gasteiger partial charge in [0.05, 0.1) is 6.42 Å². The minimum Gasteiger partial charge on any atom is -0.314 e. The second kappa shape index (κ2) is 5.60. The molecule has 0 spiro atoms. The van der Waals surface area contributed by atoms with E-state index in [1.54, 1.807) is 11.7 Å². The van der Waals surface area contributed by atoms with Gasteiger partial charge in [-0.3, -0.25) is 9.48 Å². The molecule has 15 heavy (non-hydrogen) atoms. The van der Waals surface area contributed by atoms with Gasteiger partial charge < -0.3 is 5.32 Å². The van der Waals surface area contributed by atoms with Crippen LogP contribution in [0.1, 0.15) is 26.1 Å². The predicted molar refractivity (Wildman–Crippen MR) is 57.5 cm³/mol.